The Labute approximate surface area is 144 Å². The largest absolute Gasteiger partial charge is 0.158 e. The van der Waals surface area contributed by atoms with Gasteiger partial charge in [0.2, 0.25) is 0 Å². The minimum atomic E-state index is 0.717. The molecule has 0 unspecified atom stereocenters. The smallest absolute Gasteiger partial charge is 0.0985 e. The lowest BCUT2D eigenvalue weighted by Crippen LogP contribution is -2.14. The highest BCUT2D eigenvalue weighted by atomic mass is 79.9. The molecule has 2 heterocycles. The molecule has 0 atom stereocenters. The molecule has 0 aliphatic rings. The van der Waals surface area contributed by atoms with Gasteiger partial charge in [-0.25, -0.2) is 0 Å². The summed E-state index contributed by atoms with van der Waals surface area (Å²) in [5, 5.41) is 13.2. The molecule has 0 bridgehead atoms. The summed E-state index contributed by atoms with van der Waals surface area (Å²) in [5.41, 5.74) is 4.23. The van der Waals surface area contributed by atoms with E-state index in [9.17, 15) is 0 Å². The van der Waals surface area contributed by atoms with Gasteiger partial charge in [-0.15, -0.1) is 0 Å². The molecule has 22 heavy (non-hydrogen) atoms. The van der Waals surface area contributed by atoms with E-state index in [1.165, 1.54) is 5.56 Å². The Morgan fingerprint density at radius 3 is 2.59 bits per heavy atom. The molecule has 6 heteroatoms. The van der Waals surface area contributed by atoms with Crippen LogP contribution in [0.25, 0.3) is 21.8 Å². The van der Waals surface area contributed by atoms with Crippen molar-refractivity contribution in [2.45, 2.75) is 10.7 Å². The first-order valence-electron chi connectivity index (χ1n) is 6.88. The molecule has 0 aliphatic heterocycles. The molecule has 0 amide bonds. The Morgan fingerprint density at radius 2 is 1.77 bits per heavy atom. The number of nitrogens with zero attached hydrogens (tertiary/aromatic N) is 4. The number of benzene rings is 2. The van der Waals surface area contributed by atoms with Crippen LogP contribution in [0, 0.1) is 0 Å². The second-order valence-electron chi connectivity index (χ2n) is 5.02. The van der Waals surface area contributed by atoms with Gasteiger partial charge in [-0.2, -0.15) is 19.8 Å². The number of hydrogen-bond donors (Lipinski definition) is 0. The van der Waals surface area contributed by atoms with Gasteiger partial charge in [-0.1, -0.05) is 68.3 Å². The van der Waals surface area contributed by atoms with Crippen molar-refractivity contribution in [1.29, 1.82) is 0 Å². The van der Waals surface area contributed by atoms with Gasteiger partial charge in [0.15, 0.2) is 0 Å². The highest BCUT2D eigenvalue weighted by molar-refractivity contribution is 9.08. The van der Waals surface area contributed by atoms with Crippen LogP contribution in [-0.4, -0.2) is 19.8 Å². The van der Waals surface area contributed by atoms with Gasteiger partial charge >= 0.3 is 0 Å². The van der Waals surface area contributed by atoms with Gasteiger partial charge in [0, 0.05) is 21.4 Å². The summed E-state index contributed by atoms with van der Waals surface area (Å²) in [6.07, 6.45) is 2.01. The van der Waals surface area contributed by atoms with Crippen molar-refractivity contribution < 1.29 is 0 Å². The molecule has 2 aromatic heterocycles. The SMILES string of the molecule is BrCc1cccc2cn(-n3nc4ccccc4c3CBr)nc12. The second-order valence-corrected chi connectivity index (χ2v) is 6.15. The van der Waals surface area contributed by atoms with Crippen LogP contribution in [0.3, 0.4) is 0 Å². The van der Waals surface area contributed by atoms with Crippen LogP contribution in [0.1, 0.15) is 11.3 Å². The lowest BCUT2D eigenvalue weighted by Gasteiger charge is -2.04. The van der Waals surface area contributed by atoms with Crippen molar-refractivity contribution >= 4 is 53.7 Å². The lowest BCUT2D eigenvalue weighted by molar-refractivity contribution is 0.503. The summed E-state index contributed by atoms with van der Waals surface area (Å²) in [5.74, 6) is 0. The Kier molecular flexibility index (Phi) is 3.50. The fourth-order valence-corrected chi connectivity index (χ4v) is 3.65. The van der Waals surface area contributed by atoms with Crippen LogP contribution < -0.4 is 0 Å². The number of halogens is 2. The third-order valence-corrected chi connectivity index (χ3v) is 4.87. The average Bonchev–Trinajstić information content (AvgIpc) is 3.15. The van der Waals surface area contributed by atoms with Gasteiger partial charge in [-0.05, 0) is 11.6 Å². The van der Waals surface area contributed by atoms with Crippen LogP contribution in [0.4, 0.5) is 0 Å². The molecule has 0 fully saturated rings. The first kappa shape index (κ1) is 14.0. The summed E-state index contributed by atoms with van der Waals surface area (Å²) in [7, 11) is 0. The number of alkyl halides is 2. The van der Waals surface area contributed by atoms with Gasteiger partial charge in [0.1, 0.15) is 0 Å². The predicted molar refractivity (Wildman–Crippen MR) is 95.5 cm³/mol. The molecular weight excluding hydrogens is 408 g/mol. The van der Waals surface area contributed by atoms with E-state index in [4.69, 9.17) is 5.10 Å². The standard InChI is InChI=1S/C16H12Br2N4/c17-8-11-4-3-5-12-10-21(20-16(11)12)22-15(9-18)13-6-1-2-7-14(13)19-22/h1-7,10H,8-9H2. The molecule has 4 aromatic rings. The first-order valence-corrected chi connectivity index (χ1v) is 9.12. The molecule has 2 aromatic carbocycles. The van der Waals surface area contributed by atoms with Crippen LogP contribution >= 0.6 is 31.9 Å². The normalized spacial score (nSPS) is 11.5. The highest BCUT2D eigenvalue weighted by Crippen LogP contribution is 2.23. The molecule has 4 nitrogen and oxygen atoms in total. The number of hydrogen-bond acceptors (Lipinski definition) is 2. The number of aromatic nitrogens is 4. The maximum atomic E-state index is 4.72. The van der Waals surface area contributed by atoms with E-state index in [1.807, 2.05) is 34.0 Å². The maximum Gasteiger partial charge on any atom is 0.0985 e. The zero-order valence-corrected chi connectivity index (χ0v) is 14.7. The molecule has 0 saturated carbocycles. The number of rotatable bonds is 3. The monoisotopic (exact) mass is 418 g/mol. The molecule has 0 radical (unpaired) electrons. The van der Waals surface area contributed by atoms with Crippen LogP contribution in [0.15, 0.2) is 48.7 Å². The van der Waals surface area contributed by atoms with E-state index in [1.54, 1.807) is 0 Å². The minimum Gasteiger partial charge on any atom is -0.158 e. The average molecular weight is 420 g/mol. The highest BCUT2D eigenvalue weighted by Gasteiger charge is 2.13. The van der Waals surface area contributed by atoms with E-state index in [0.29, 0.717) is 0 Å². The molecule has 0 saturated heterocycles. The van der Waals surface area contributed by atoms with Crippen molar-refractivity contribution in [1.82, 2.24) is 19.8 Å². The first-order chi connectivity index (χ1) is 10.8. The number of fused-ring (bicyclic) bond motifs is 2. The van der Waals surface area contributed by atoms with Crippen molar-refractivity contribution in [3.8, 4) is 0 Å². The van der Waals surface area contributed by atoms with Crippen molar-refractivity contribution in [3.05, 3.63) is 59.9 Å². The van der Waals surface area contributed by atoms with E-state index < -0.39 is 0 Å². The van der Waals surface area contributed by atoms with Gasteiger partial charge < -0.3 is 0 Å². The Morgan fingerprint density at radius 1 is 0.909 bits per heavy atom. The molecule has 0 N–H and O–H groups in total. The summed E-state index contributed by atoms with van der Waals surface area (Å²) in [4.78, 5) is 3.67. The topological polar surface area (TPSA) is 35.6 Å². The van der Waals surface area contributed by atoms with E-state index in [2.05, 4.69) is 61.2 Å². The van der Waals surface area contributed by atoms with Crippen LogP contribution in [-0.2, 0) is 10.7 Å². The zero-order chi connectivity index (χ0) is 15.1. The predicted octanol–water partition coefficient (Wildman–Crippen LogP) is 4.49. The lowest BCUT2D eigenvalue weighted by atomic mass is 10.2. The molecule has 4 rings (SSSR count). The fraction of sp³-hybridized carbons (Fsp3) is 0.125. The van der Waals surface area contributed by atoms with Crippen LogP contribution in [0.2, 0.25) is 0 Å². The molecule has 0 aliphatic carbocycles. The third-order valence-electron chi connectivity index (χ3n) is 3.73. The molecule has 0 spiro atoms. The molecule has 110 valence electrons. The summed E-state index contributed by atoms with van der Waals surface area (Å²) >= 11 is 7.09. The van der Waals surface area contributed by atoms with Gasteiger partial charge in [-0.3, -0.25) is 0 Å². The summed E-state index contributed by atoms with van der Waals surface area (Å²) in [6.45, 7) is 0. The van der Waals surface area contributed by atoms with E-state index >= 15 is 0 Å². The fourth-order valence-electron chi connectivity index (χ4n) is 2.67. The quantitative estimate of drug-likeness (QED) is 0.458. The minimum absolute atomic E-state index is 0.717. The van der Waals surface area contributed by atoms with E-state index in [-0.39, 0.29) is 0 Å². The second kappa shape index (κ2) is 5.52. The van der Waals surface area contributed by atoms with E-state index in [0.717, 1.165) is 38.2 Å². The summed E-state index contributed by atoms with van der Waals surface area (Å²) < 4.78 is 0. The van der Waals surface area contributed by atoms with Gasteiger partial charge in [0.25, 0.3) is 0 Å². The van der Waals surface area contributed by atoms with Crippen molar-refractivity contribution in [2.24, 2.45) is 0 Å². The zero-order valence-electron chi connectivity index (χ0n) is 11.6. The Hall–Kier alpha value is -1.66. The maximum absolute atomic E-state index is 4.72. The summed E-state index contributed by atoms with van der Waals surface area (Å²) in [6, 6.07) is 14.3. The third kappa shape index (κ3) is 2.09. The van der Waals surface area contributed by atoms with Crippen molar-refractivity contribution in [2.75, 3.05) is 0 Å². The van der Waals surface area contributed by atoms with Crippen molar-refractivity contribution in [3.63, 3.8) is 0 Å². The molecular formula is C16H12Br2N4. The van der Waals surface area contributed by atoms with Gasteiger partial charge in [0.05, 0.1) is 22.9 Å². The van der Waals surface area contributed by atoms with Crippen LogP contribution in [0.5, 0.6) is 0 Å². The Balaban J connectivity index is 1.99. The Bertz CT molecular complexity index is 971.